The molecule has 0 radical (unpaired) electrons. The van der Waals surface area contributed by atoms with Crippen LogP contribution >= 0.6 is 0 Å². The largest absolute Gasteiger partial charge is 0.491 e. The predicted octanol–water partition coefficient (Wildman–Crippen LogP) is 0.700. The quantitative estimate of drug-likeness (QED) is 0.686. The molecule has 17 heavy (non-hydrogen) atoms. The maximum Gasteiger partial charge on any atom is 0.332 e. The molecule has 0 heterocycles. The van der Waals surface area contributed by atoms with Crippen molar-refractivity contribution in [1.82, 2.24) is 0 Å². The van der Waals surface area contributed by atoms with Gasteiger partial charge in [0, 0.05) is 13.5 Å². The fourth-order valence-electron chi connectivity index (χ4n) is 1.28. The lowest BCUT2D eigenvalue weighted by molar-refractivity contribution is -0.146. The van der Waals surface area contributed by atoms with Crippen LogP contribution in [0, 0.1) is 0 Å². The highest BCUT2D eigenvalue weighted by Gasteiger charge is 2.13. The van der Waals surface area contributed by atoms with Crippen molar-refractivity contribution in [3.63, 3.8) is 0 Å². The number of carboxylic acid groups (broad SMARTS) is 1. The molecular weight excluding hydrogens is 224 g/mol. The Kier molecular flexibility index (Phi) is 5.45. The van der Waals surface area contributed by atoms with Gasteiger partial charge in [-0.25, -0.2) is 4.79 Å². The van der Waals surface area contributed by atoms with Crippen molar-refractivity contribution in [3.05, 3.63) is 29.8 Å². The zero-order chi connectivity index (χ0) is 12.7. The van der Waals surface area contributed by atoms with E-state index in [9.17, 15) is 9.90 Å². The molecule has 0 saturated heterocycles. The topological polar surface area (TPSA) is 76.0 Å². The van der Waals surface area contributed by atoms with Crippen LogP contribution in [0.2, 0.25) is 0 Å². The van der Waals surface area contributed by atoms with Gasteiger partial charge in [0.25, 0.3) is 0 Å². The summed E-state index contributed by atoms with van der Waals surface area (Å²) < 4.78 is 10.2. The maximum absolute atomic E-state index is 10.5. The highest BCUT2D eigenvalue weighted by Crippen LogP contribution is 2.13. The van der Waals surface area contributed by atoms with Crippen LogP contribution in [0.15, 0.2) is 24.3 Å². The van der Waals surface area contributed by atoms with Gasteiger partial charge in [0.15, 0.2) is 6.10 Å². The van der Waals surface area contributed by atoms with Gasteiger partial charge < -0.3 is 19.7 Å². The van der Waals surface area contributed by atoms with Crippen LogP contribution in [-0.2, 0) is 16.0 Å². The Bertz CT molecular complexity index is 346. The first-order valence-corrected chi connectivity index (χ1v) is 5.25. The maximum atomic E-state index is 10.5. The molecule has 0 aliphatic carbocycles. The number of carboxylic acids is 1. The SMILES string of the molecule is COCCOc1ccc(C[C@@H](O)C(=O)O)cc1. The number of ether oxygens (including phenoxy) is 2. The summed E-state index contributed by atoms with van der Waals surface area (Å²) in [6.07, 6.45) is -1.27. The molecule has 5 heteroatoms. The second-order valence-electron chi connectivity index (χ2n) is 3.54. The normalized spacial score (nSPS) is 12.1. The summed E-state index contributed by atoms with van der Waals surface area (Å²) in [6.45, 7) is 0.979. The number of aliphatic hydroxyl groups excluding tert-OH is 1. The second kappa shape index (κ2) is 6.88. The van der Waals surface area contributed by atoms with E-state index in [1.165, 1.54) is 0 Å². The molecule has 94 valence electrons. The molecule has 5 nitrogen and oxygen atoms in total. The Morgan fingerprint density at radius 3 is 2.47 bits per heavy atom. The first-order valence-electron chi connectivity index (χ1n) is 5.25. The zero-order valence-corrected chi connectivity index (χ0v) is 9.63. The van der Waals surface area contributed by atoms with Crippen LogP contribution in [0.1, 0.15) is 5.56 Å². The molecule has 2 N–H and O–H groups in total. The summed E-state index contributed by atoms with van der Waals surface area (Å²) in [5.74, 6) is -0.527. The third kappa shape index (κ3) is 4.84. The molecule has 0 amide bonds. The van der Waals surface area contributed by atoms with Gasteiger partial charge >= 0.3 is 5.97 Å². The molecule has 0 unspecified atom stereocenters. The second-order valence-corrected chi connectivity index (χ2v) is 3.54. The Hall–Kier alpha value is -1.59. The lowest BCUT2D eigenvalue weighted by Crippen LogP contribution is -2.21. The number of aliphatic hydroxyl groups is 1. The third-order valence-corrected chi connectivity index (χ3v) is 2.19. The molecule has 0 fully saturated rings. The first-order chi connectivity index (χ1) is 8.13. The van der Waals surface area contributed by atoms with Crippen molar-refractivity contribution in [3.8, 4) is 5.75 Å². The van der Waals surface area contributed by atoms with Gasteiger partial charge in [0.2, 0.25) is 0 Å². The summed E-state index contributed by atoms with van der Waals surface area (Å²) in [6, 6.07) is 6.93. The zero-order valence-electron chi connectivity index (χ0n) is 9.63. The lowest BCUT2D eigenvalue weighted by atomic mass is 10.1. The van der Waals surface area contributed by atoms with Gasteiger partial charge in [-0.1, -0.05) is 12.1 Å². The molecule has 1 aromatic carbocycles. The Morgan fingerprint density at radius 1 is 1.29 bits per heavy atom. The molecule has 1 rings (SSSR count). The first kappa shape index (κ1) is 13.5. The fraction of sp³-hybridized carbons (Fsp3) is 0.417. The van der Waals surface area contributed by atoms with Crippen molar-refractivity contribution in [2.75, 3.05) is 20.3 Å². The molecule has 0 aliphatic heterocycles. The molecule has 0 saturated carbocycles. The van der Waals surface area contributed by atoms with E-state index in [0.717, 1.165) is 5.56 Å². The highest BCUT2D eigenvalue weighted by molar-refractivity contribution is 5.72. The summed E-state index contributed by atoms with van der Waals surface area (Å²) >= 11 is 0. The molecule has 0 spiro atoms. The Morgan fingerprint density at radius 2 is 1.94 bits per heavy atom. The van der Waals surface area contributed by atoms with Crippen molar-refractivity contribution in [1.29, 1.82) is 0 Å². The van der Waals surface area contributed by atoms with Crippen LogP contribution in [0.4, 0.5) is 0 Å². The molecule has 0 aromatic heterocycles. The predicted molar refractivity (Wildman–Crippen MR) is 61.2 cm³/mol. The fourth-order valence-corrected chi connectivity index (χ4v) is 1.28. The van der Waals surface area contributed by atoms with Gasteiger partial charge in [-0.05, 0) is 17.7 Å². The Labute approximate surface area is 99.6 Å². The number of carbonyl (C=O) groups is 1. The van der Waals surface area contributed by atoms with E-state index in [0.29, 0.717) is 19.0 Å². The van der Waals surface area contributed by atoms with Crippen LogP contribution in [-0.4, -0.2) is 42.6 Å². The van der Waals surface area contributed by atoms with Crippen molar-refractivity contribution in [2.45, 2.75) is 12.5 Å². The van der Waals surface area contributed by atoms with E-state index in [1.54, 1.807) is 31.4 Å². The summed E-state index contributed by atoms with van der Waals surface area (Å²) in [5.41, 5.74) is 0.749. The highest BCUT2D eigenvalue weighted by atomic mass is 16.5. The van der Waals surface area contributed by atoms with Gasteiger partial charge in [0.1, 0.15) is 12.4 Å². The minimum Gasteiger partial charge on any atom is -0.491 e. The van der Waals surface area contributed by atoms with Crippen LogP contribution in [0.3, 0.4) is 0 Å². The third-order valence-electron chi connectivity index (χ3n) is 2.19. The van der Waals surface area contributed by atoms with E-state index in [4.69, 9.17) is 14.6 Å². The molecule has 1 aromatic rings. The Balaban J connectivity index is 2.47. The average molecular weight is 240 g/mol. The summed E-state index contributed by atoms with van der Waals surface area (Å²) in [5, 5.41) is 17.7. The van der Waals surface area contributed by atoms with Crippen molar-refractivity contribution >= 4 is 5.97 Å². The van der Waals surface area contributed by atoms with Crippen LogP contribution in [0.5, 0.6) is 5.75 Å². The number of methoxy groups -OCH3 is 1. The van der Waals surface area contributed by atoms with Gasteiger partial charge in [0.05, 0.1) is 6.61 Å². The molecule has 0 aliphatic rings. The van der Waals surface area contributed by atoms with Crippen molar-refractivity contribution < 1.29 is 24.5 Å². The van der Waals surface area contributed by atoms with Gasteiger partial charge in [-0.3, -0.25) is 0 Å². The van der Waals surface area contributed by atoms with E-state index in [-0.39, 0.29) is 6.42 Å². The number of hydrogen-bond donors (Lipinski definition) is 2. The summed E-state index contributed by atoms with van der Waals surface area (Å²) in [7, 11) is 1.60. The van der Waals surface area contributed by atoms with E-state index in [1.807, 2.05) is 0 Å². The van der Waals surface area contributed by atoms with Gasteiger partial charge in [-0.2, -0.15) is 0 Å². The van der Waals surface area contributed by atoms with E-state index < -0.39 is 12.1 Å². The molecule has 1 atom stereocenters. The number of benzene rings is 1. The molecule has 0 bridgehead atoms. The standard InChI is InChI=1S/C12H16O5/c1-16-6-7-17-10-4-2-9(3-5-10)8-11(13)12(14)15/h2-5,11,13H,6-8H2,1H3,(H,14,15)/t11-/m1/s1. The molecular formula is C12H16O5. The minimum atomic E-state index is -1.37. The van der Waals surface area contributed by atoms with Crippen molar-refractivity contribution in [2.24, 2.45) is 0 Å². The van der Waals surface area contributed by atoms with E-state index >= 15 is 0 Å². The smallest absolute Gasteiger partial charge is 0.332 e. The number of hydrogen-bond acceptors (Lipinski definition) is 4. The minimum absolute atomic E-state index is 0.0910. The average Bonchev–Trinajstić information content (AvgIpc) is 2.31. The number of rotatable bonds is 7. The van der Waals surface area contributed by atoms with Crippen LogP contribution < -0.4 is 4.74 Å². The van der Waals surface area contributed by atoms with E-state index in [2.05, 4.69) is 0 Å². The summed E-state index contributed by atoms with van der Waals surface area (Å²) in [4.78, 5) is 10.5. The van der Waals surface area contributed by atoms with Crippen LogP contribution in [0.25, 0.3) is 0 Å². The number of aliphatic carboxylic acids is 1. The van der Waals surface area contributed by atoms with Gasteiger partial charge in [-0.15, -0.1) is 0 Å². The monoisotopic (exact) mass is 240 g/mol. The lowest BCUT2D eigenvalue weighted by Gasteiger charge is -2.08.